The van der Waals surface area contributed by atoms with E-state index in [1.165, 1.54) is 4.90 Å². The molecular weight excluding hydrogens is 270 g/mol. The molecule has 0 aromatic heterocycles. The number of hydrogen-bond acceptors (Lipinski definition) is 4. The lowest BCUT2D eigenvalue weighted by atomic mass is 9.92. The van der Waals surface area contributed by atoms with Crippen LogP contribution in [0.1, 0.15) is 19.8 Å². The maximum absolute atomic E-state index is 9.59. The topological polar surface area (TPSA) is 32.7 Å². The molecule has 1 aromatic rings. The third-order valence-corrected chi connectivity index (χ3v) is 4.79. The van der Waals surface area contributed by atoms with Crippen LogP contribution in [-0.2, 0) is 0 Å². The Morgan fingerprint density at radius 1 is 1.30 bits per heavy atom. The first-order valence-corrected chi connectivity index (χ1v) is 8.59. The van der Waals surface area contributed by atoms with Crippen molar-refractivity contribution in [3.05, 3.63) is 24.3 Å². The fourth-order valence-corrected chi connectivity index (χ4v) is 3.03. The molecule has 1 unspecified atom stereocenters. The van der Waals surface area contributed by atoms with Gasteiger partial charge in [0.2, 0.25) is 0 Å². The van der Waals surface area contributed by atoms with E-state index in [0.717, 1.165) is 44.8 Å². The summed E-state index contributed by atoms with van der Waals surface area (Å²) in [7, 11) is 0. The fraction of sp³-hybridized carbons (Fsp3) is 0.625. The normalized spacial score (nSPS) is 18.9. The number of benzene rings is 1. The summed E-state index contributed by atoms with van der Waals surface area (Å²) in [5.41, 5.74) is 0. The van der Waals surface area contributed by atoms with Gasteiger partial charge in [-0.25, -0.2) is 0 Å². The zero-order chi connectivity index (χ0) is 14.4. The molecule has 1 fully saturated rings. The van der Waals surface area contributed by atoms with Crippen molar-refractivity contribution in [2.24, 2.45) is 5.92 Å². The van der Waals surface area contributed by atoms with E-state index in [4.69, 9.17) is 4.74 Å². The summed E-state index contributed by atoms with van der Waals surface area (Å²) in [6.07, 6.45) is 4.11. The van der Waals surface area contributed by atoms with E-state index in [-0.39, 0.29) is 6.10 Å². The van der Waals surface area contributed by atoms with Gasteiger partial charge in [0.25, 0.3) is 0 Å². The van der Waals surface area contributed by atoms with Crippen LogP contribution in [0.2, 0.25) is 0 Å². The highest BCUT2D eigenvalue weighted by Gasteiger charge is 2.22. The second-order valence-corrected chi connectivity index (χ2v) is 6.32. The molecule has 0 bridgehead atoms. The van der Waals surface area contributed by atoms with E-state index in [0.29, 0.717) is 5.92 Å². The molecule has 1 N–H and O–H groups in total. The molecule has 112 valence electrons. The Labute approximate surface area is 126 Å². The highest BCUT2D eigenvalue weighted by atomic mass is 32.2. The van der Waals surface area contributed by atoms with E-state index < -0.39 is 0 Å². The largest absolute Gasteiger partial charge is 0.492 e. The molecule has 1 aromatic carbocycles. The molecule has 1 saturated heterocycles. The lowest BCUT2D eigenvalue weighted by Gasteiger charge is -2.33. The Balaban J connectivity index is 1.66. The van der Waals surface area contributed by atoms with Crippen LogP contribution in [0.25, 0.3) is 0 Å². The first-order valence-electron chi connectivity index (χ1n) is 7.36. The summed E-state index contributed by atoms with van der Waals surface area (Å²) in [4.78, 5) is 3.69. The summed E-state index contributed by atoms with van der Waals surface area (Å²) in [6.45, 7) is 5.76. The van der Waals surface area contributed by atoms with Gasteiger partial charge >= 0.3 is 0 Å². The predicted octanol–water partition coefficient (Wildman–Crippen LogP) is 2.88. The molecule has 0 aliphatic carbocycles. The van der Waals surface area contributed by atoms with Crippen molar-refractivity contribution in [3.8, 4) is 5.75 Å². The van der Waals surface area contributed by atoms with Gasteiger partial charge in [0.1, 0.15) is 12.4 Å². The second kappa shape index (κ2) is 7.91. The fourth-order valence-electron chi connectivity index (χ4n) is 2.62. The minimum Gasteiger partial charge on any atom is -0.492 e. The van der Waals surface area contributed by atoms with Gasteiger partial charge in [-0.1, -0.05) is 0 Å². The third kappa shape index (κ3) is 4.69. The molecule has 2 rings (SSSR count). The molecule has 1 aliphatic rings. The van der Waals surface area contributed by atoms with Gasteiger partial charge in [-0.15, -0.1) is 11.8 Å². The average molecular weight is 295 g/mol. The molecule has 1 atom stereocenters. The van der Waals surface area contributed by atoms with E-state index in [2.05, 4.69) is 23.3 Å². The first kappa shape index (κ1) is 15.7. The maximum Gasteiger partial charge on any atom is 0.119 e. The van der Waals surface area contributed by atoms with Gasteiger partial charge in [-0.3, -0.25) is 4.90 Å². The minimum absolute atomic E-state index is 0.164. The number of thioether (sulfide) groups is 1. The summed E-state index contributed by atoms with van der Waals surface area (Å²) in [5, 5.41) is 9.59. The van der Waals surface area contributed by atoms with Crippen LogP contribution >= 0.6 is 11.8 Å². The summed E-state index contributed by atoms with van der Waals surface area (Å²) in [6, 6.07) is 8.25. The monoisotopic (exact) mass is 295 g/mol. The minimum atomic E-state index is -0.164. The molecule has 1 heterocycles. The van der Waals surface area contributed by atoms with Crippen LogP contribution in [0, 0.1) is 5.92 Å². The van der Waals surface area contributed by atoms with Crippen LogP contribution in [0.5, 0.6) is 5.75 Å². The Morgan fingerprint density at radius 2 is 1.95 bits per heavy atom. The number of hydrogen-bond donors (Lipinski definition) is 1. The van der Waals surface area contributed by atoms with Gasteiger partial charge in [0, 0.05) is 11.4 Å². The van der Waals surface area contributed by atoms with Crippen molar-refractivity contribution < 1.29 is 9.84 Å². The van der Waals surface area contributed by atoms with E-state index >= 15 is 0 Å². The Hall–Kier alpha value is -0.710. The van der Waals surface area contributed by atoms with Crippen LogP contribution in [0.4, 0.5) is 0 Å². The van der Waals surface area contributed by atoms with Gasteiger partial charge in [-0.2, -0.15) is 0 Å². The van der Waals surface area contributed by atoms with Crippen molar-refractivity contribution in [2.45, 2.75) is 30.8 Å². The Bertz CT molecular complexity index is 386. The van der Waals surface area contributed by atoms with Crippen molar-refractivity contribution in [2.75, 3.05) is 32.5 Å². The standard InChI is InChI=1S/C16H25NO2S/c1-13(18)14-7-9-17(10-8-14)11-12-19-15-3-5-16(20-2)6-4-15/h3-6,13-14,18H,7-12H2,1-2H3. The zero-order valence-electron chi connectivity index (χ0n) is 12.4. The number of aliphatic hydroxyl groups excluding tert-OH is 1. The van der Waals surface area contributed by atoms with Crippen molar-refractivity contribution in [3.63, 3.8) is 0 Å². The predicted molar refractivity (Wildman–Crippen MR) is 84.6 cm³/mol. The number of ether oxygens (including phenoxy) is 1. The zero-order valence-corrected chi connectivity index (χ0v) is 13.2. The van der Waals surface area contributed by atoms with Gasteiger partial charge in [0.15, 0.2) is 0 Å². The smallest absolute Gasteiger partial charge is 0.119 e. The number of rotatable bonds is 6. The second-order valence-electron chi connectivity index (χ2n) is 5.44. The van der Waals surface area contributed by atoms with E-state index in [1.54, 1.807) is 11.8 Å². The summed E-state index contributed by atoms with van der Waals surface area (Å²) < 4.78 is 5.78. The van der Waals surface area contributed by atoms with E-state index in [9.17, 15) is 5.11 Å². The van der Waals surface area contributed by atoms with Crippen molar-refractivity contribution >= 4 is 11.8 Å². The number of piperidine rings is 1. The van der Waals surface area contributed by atoms with Gasteiger partial charge in [-0.05, 0) is 69.3 Å². The molecular formula is C16H25NO2S. The van der Waals surface area contributed by atoms with Crippen LogP contribution in [0.3, 0.4) is 0 Å². The maximum atomic E-state index is 9.59. The highest BCUT2D eigenvalue weighted by Crippen LogP contribution is 2.21. The Kier molecular flexibility index (Phi) is 6.20. The summed E-state index contributed by atoms with van der Waals surface area (Å²) in [5.74, 6) is 1.42. The lowest BCUT2D eigenvalue weighted by Crippen LogP contribution is -2.39. The highest BCUT2D eigenvalue weighted by molar-refractivity contribution is 7.98. The van der Waals surface area contributed by atoms with Crippen molar-refractivity contribution in [1.29, 1.82) is 0 Å². The number of likely N-dealkylation sites (tertiary alicyclic amines) is 1. The molecule has 1 aliphatic heterocycles. The third-order valence-electron chi connectivity index (χ3n) is 4.05. The SMILES string of the molecule is CSc1ccc(OCCN2CCC(C(C)O)CC2)cc1. The Morgan fingerprint density at radius 3 is 2.50 bits per heavy atom. The number of nitrogens with zero attached hydrogens (tertiary/aromatic N) is 1. The van der Waals surface area contributed by atoms with Gasteiger partial charge < -0.3 is 9.84 Å². The molecule has 20 heavy (non-hydrogen) atoms. The number of aliphatic hydroxyl groups is 1. The first-order chi connectivity index (χ1) is 9.69. The molecule has 4 heteroatoms. The van der Waals surface area contributed by atoms with Gasteiger partial charge in [0.05, 0.1) is 6.10 Å². The van der Waals surface area contributed by atoms with Crippen LogP contribution < -0.4 is 4.74 Å². The van der Waals surface area contributed by atoms with Crippen LogP contribution in [0.15, 0.2) is 29.2 Å². The van der Waals surface area contributed by atoms with Crippen LogP contribution in [-0.4, -0.2) is 48.6 Å². The summed E-state index contributed by atoms with van der Waals surface area (Å²) >= 11 is 1.74. The van der Waals surface area contributed by atoms with E-state index in [1.807, 2.05) is 19.1 Å². The molecule has 0 spiro atoms. The quantitative estimate of drug-likeness (QED) is 0.818. The lowest BCUT2D eigenvalue weighted by molar-refractivity contribution is 0.0672. The average Bonchev–Trinajstić information content (AvgIpc) is 2.48. The van der Waals surface area contributed by atoms with Crippen molar-refractivity contribution in [1.82, 2.24) is 4.90 Å². The molecule has 3 nitrogen and oxygen atoms in total. The molecule has 0 radical (unpaired) electrons. The molecule has 0 saturated carbocycles. The molecule has 0 amide bonds.